The van der Waals surface area contributed by atoms with Crippen molar-refractivity contribution in [2.75, 3.05) is 5.32 Å². The van der Waals surface area contributed by atoms with Gasteiger partial charge < -0.3 is 0 Å². The maximum atomic E-state index is 12.2. The summed E-state index contributed by atoms with van der Waals surface area (Å²) in [5, 5.41) is 8.72. The number of fused-ring (bicyclic) bond motifs is 1. The van der Waals surface area contributed by atoms with Crippen molar-refractivity contribution >= 4 is 38.6 Å². The molecule has 0 radical (unpaired) electrons. The molecule has 2 aromatic carbocycles. The van der Waals surface area contributed by atoms with Crippen molar-refractivity contribution in [1.29, 1.82) is 0 Å². The van der Waals surface area contributed by atoms with E-state index in [9.17, 15) is 4.79 Å². The Morgan fingerprint density at radius 3 is 2.70 bits per heavy atom. The first kappa shape index (κ1) is 12.8. The van der Waals surface area contributed by atoms with E-state index in [4.69, 9.17) is 0 Å². The third-order valence-corrected chi connectivity index (χ3v) is 3.49. The number of halogens is 1. The summed E-state index contributed by atoms with van der Waals surface area (Å²) in [5.41, 5.74) is 0.586. The molecule has 0 saturated carbocycles. The fourth-order valence-electron chi connectivity index (χ4n) is 1.94. The van der Waals surface area contributed by atoms with Crippen LogP contribution in [0, 0.1) is 0 Å². The second kappa shape index (κ2) is 5.05. The molecule has 0 unspecified atom stereocenters. The Bertz CT molecular complexity index is 797. The lowest BCUT2D eigenvalue weighted by atomic mass is 10.1. The quantitative estimate of drug-likeness (QED) is 0.785. The first-order chi connectivity index (χ1) is 9.63. The molecule has 0 aliphatic carbocycles. The summed E-state index contributed by atoms with van der Waals surface area (Å²) < 4.78 is 2.53. The molecule has 3 rings (SSSR count). The van der Waals surface area contributed by atoms with Crippen LogP contribution in [0.25, 0.3) is 10.8 Å². The van der Waals surface area contributed by atoms with E-state index < -0.39 is 0 Å². The van der Waals surface area contributed by atoms with Gasteiger partial charge in [0.15, 0.2) is 0 Å². The van der Waals surface area contributed by atoms with Gasteiger partial charge in [0.1, 0.15) is 6.33 Å². The number of carbonyl (C=O) groups excluding carboxylic acids is 1. The topological polar surface area (TPSA) is 59.8 Å². The van der Waals surface area contributed by atoms with Crippen molar-refractivity contribution in [3.05, 3.63) is 52.8 Å². The highest BCUT2D eigenvalue weighted by Crippen LogP contribution is 2.21. The Morgan fingerprint density at radius 1 is 1.20 bits per heavy atom. The minimum atomic E-state index is -0.203. The van der Waals surface area contributed by atoms with Crippen LogP contribution in [0.4, 0.5) is 5.95 Å². The lowest BCUT2D eigenvalue weighted by Gasteiger charge is -2.05. The van der Waals surface area contributed by atoms with E-state index in [1.54, 1.807) is 13.1 Å². The molecule has 20 heavy (non-hydrogen) atoms. The van der Waals surface area contributed by atoms with Gasteiger partial charge in [-0.05, 0) is 35.0 Å². The molecular weight excluding hydrogens is 320 g/mol. The van der Waals surface area contributed by atoms with Crippen LogP contribution in [0.5, 0.6) is 0 Å². The van der Waals surface area contributed by atoms with Crippen molar-refractivity contribution in [3.8, 4) is 0 Å². The van der Waals surface area contributed by atoms with E-state index >= 15 is 0 Å². The molecular formula is C14H11BrN4O. The van der Waals surface area contributed by atoms with Gasteiger partial charge in [-0.1, -0.05) is 28.1 Å². The standard InChI is InChI=1S/C14H11BrN4O/c1-19-14(16-8-17-19)18-13(20)11-3-2-10-7-12(15)5-4-9(10)6-11/h2-8H,1H3,(H,16,17,18,20). The summed E-state index contributed by atoms with van der Waals surface area (Å²) in [6.45, 7) is 0. The molecule has 0 bridgehead atoms. The number of amides is 1. The van der Waals surface area contributed by atoms with E-state index in [-0.39, 0.29) is 5.91 Å². The van der Waals surface area contributed by atoms with E-state index in [2.05, 4.69) is 31.3 Å². The Kier molecular flexibility index (Phi) is 3.23. The number of hydrogen-bond acceptors (Lipinski definition) is 3. The number of nitrogens with zero attached hydrogens (tertiary/aromatic N) is 3. The van der Waals surface area contributed by atoms with E-state index in [0.717, 1.165) is 15.2 Å². The van der Waals surface area contributed by atoms with Crippen LogP contribution in [0.3, 0.4) is 0 Å². The highest BCUT2D eigenvalue weighted by molar-refractivity contribution is 9.10. The SMILES string of the molecule is Cn1ncnc1NC(=O)c1ccc2cc(Br)ccc2c1. The number of nitrogens with one attached hydrogen (secondary N) is 1. The summed E-state index contributed by atoms with van der Waals surface area (Å²) in [6, 6.07) is 11.5. The van der Waals surface area contributed by atoms with Crippen LogP contribution in [0.15, 0.2) is 47.2 Å². The highest BCUT2D eigenvalue weighted by atomic mass is 79.9. The summed E-state index contributed by atoms with van der Waals surface area (Å²) in [4.78, 5) is 16.1. The second-order valence-electron chi connectivity index (χ2n) is 4.37. The smallest absolute Gasteiger partial charge is 0.258 e. The van der Waals surface area contributed by atoms with Crippen molar-refractivity contribution in [2.45, 2.75) is 0 Å². The highest BCUT2D eigenvalue weighted by Gasteiger charge is 2.09. The van der Waals surface area contributed by atoms with Crippen LogP contribution in [-0.4, -0.2) is 20.7 Å². The van der Waals surface area contributed by atoms with Gasteiger partial charge in [0, 0.05) is 17.1 Å². The molecule has 0 fully saturated rings. The maximum absolute atomic E-state index is 12.2. The summed E-state index contributed by atoms with van der Waals surface area (Å²) >= 11 is 3.43. The molecule has 6 heteroatoms. The number of carbonyl (C=O) groups is 1. The normalized spacial score (nSPS) is 10.7. The number of anilines is 1. The minimum absolute atomic E-state index is 0.203. The van der Waals surface area contributed by atoms with Gasteiger partial charge in [-0.2, -0.15) is 10.1 Å². The Hall–Kier alpha value is -2.21. The van der Waals surface area contributed by atoms with Gasteiger partial charge >= 0.3 is 0 Å². The van der Waals surface area contributed by atoms with Gasteiger partial charge in [-0.15, -0.1) is 0 Å². The average molecular weight is 331 g/mol. The van der Waals surface area contributed by atoms with E-state index in [0.29, 0.717) is 11.5 Å². The molecule has 1 heterocycles. The Morgan fingerprint density at radius 2 is 1.95 bits per heavy atom. The third kappa shape index (κ3) is 2.42. The molecule has 0 aliphatic heterocycles. The zero-order valence-corrected chi connectivity index (χ0v) is 12.3. The number of aromatic nitrogens is 3. The molecule has 1 amide bonds. The number of hydrogen-bond donors (Lipinski definition) is 1. The first-order valence-corrected chi connectivity index (χ1v) is 6.77. The Labute approximate surface area is 123 Å². The van der Waals surface area contributed by atoms with E-state index in [1.807, 2.05) is 30.3 Å². The van der Waals surface area contributed by atoms with E-state index in [1.165, 1.54) is 11.0 Å². The summed E-state index contributed by atoms with van der Waals surface area (Å²) in [7, 11) is 1.72. The zero-order chi connectivity index (χ0) is 14.1. The fraction of sp³-hybridized carbons (Fsp3) is 0.0714. The maximum Gasteiger partial charge on any atom is 0.258 e. The van der Waals surface area contributed by atoms with Gasteiger partial charge in [0.25, 0.3) is 5.91 Å². The number of benzene rings is 2. The molecule has 1 N–H and O–H groups in total. The summed E-state index contributed by atoms with van der Waals surface area (Å²) in [6.07, 6.45) is 1.40. The zero-order valence-electron chi connectivity index (χ0n) is 10.7. The average Bonchev–Trinajstić information content (AvgIpc) is 2.83. The predicted molar refractivity (Wildman–Crippen MR) is 80.6 cm³/mol. The molecule has 5 nitrogen and oxygen atoms in total. The molecule has 100 valence electrons. The number of rotatable bonds is 2. The molecule has 0 atom stereocenters. The molecule has 0 spiro atoms. The van der Waals surface area contributed by atoms with Crippen molar-refractivity contribution in [1.82, 2.24) is 14.8 Å². The monoisotopic (exact) mass is 330 g/mol. The lowest BCUT2D eigenvalue weighted by molar-refractivity contribution is 0.102. The van der Waals surface area contributed by atoms with Gasteiger partial charge in [0.05, 0.1) is 0 Å². The molecule has 1 aromatic heterocycles. The van der Waals surface area contributed by atoms with Crippen molar-refractivity contribution in [3.63, 3.8) is 0 Å². The molecule has 3 aromatic rings. The molecule has 0 saturated heterocycles. The largest absolute Gasteiger partial charge is 0.291 e. The lowest BCUT2D eigenvalue weighted by Crippen LogP contribution is -2.15. The van der Waals surface area contributed by atoms with Crippen LogP contribution in [-0.2, 0) is 7.05 Å². The fourth-order valence-corrected chi connectivity index (χ4v) is 2.32. The van der Waals surface area contributed by atoms with Gasteiger partial charge in [-0.3, -0.25) is 10.1 Å². The third-order valence-electron chi connectivity index (χ3n) is 3.00. The second-order valence-corrected chi connectivity index (χ2v) is 5.28. The molecule has 0 aliphatic rings. The predicted octanol–water partition coefficient (Wildman–Crippen LogP) is 2.98. The van der Waals surface area contributed by atoms with Crippen LogP contribution in [0.1, 0.15) is 10.4 Å². The minimum Gasteiger partial charge on any atom is -0.291 e. The van der Waals surface area contributed by atoms with Crippen LogP contribution < -0.4 is 5.32 Å². The number of aryl methyl sites for hydroxylation is 1. The first-order valence-electron chi connectivity index (χ1n) is 5.98. The van der Waals surface area contributed by atoms with Crippen molar-refractivity contribution < 1.29 is 4.79 Å². The van der Waals surface area contributed by atoms with Crippen LogP contribution in [0.2, 0.25) is 0 Å². The van der Waals surface area contributed by atoms with Gasteiger partial charge in [0.2, 0.25) is 5.95 Å². The van der Waals surface area contributed by atoms with Crippen LogP contribution >= 0.6 is 15.9 Å². The van der Waals surface area contributed by atoms with Crippen molar-refractivity contribution in [2.24, 2.45) is 7.05 Å². The van der Waals surface area contributed by atoms with Gasteiger partial charge in [-0.25, -0.2) is 4.68 Å². The summed E-state index contributed by atoms with van der Waals surface area (Å²) in [5.74, 6) is 0.219. The Balaban J connectivity index is 1.92.